The van der Waals surface area contributed by atoms with Crippen LogP contribution in [-0.2, 0) is 20.1 Å². The molecule has 21 heavy (non-hydrogen) atoms. The first-order chi connectivity index (χ1) is 9.92. The summed E-state index contributed by atoms with van der Waals surface area (Å²) in [6, 6.07) is 5.43. The van der Waals surface area contributed by atoms with E-state index in [2.05, 4.69) is 21.0 Å². The largest absolute Gasteiger partial charge is 0.484 e. The van der Waals surface area contributed by atoms with E-state index < -0.39 is 0 Å². The van der Waals surface area contributed by atoms with Crippen LogP contribution in [0.25, 0.3) is 0 Å². The molecule has 0 fully saturated rings. The van der Waals surface area contributed by atoms with E-state index in [1.807, 2.05) is 20.0 Å². The van der Waals surface area contributed by atoms with E-state index >= 15 is 0 Å². The maximum Gasteiger partial charge on any atom is 0.163 e. The zero-order valence-electron chi connectivity index (χ0n) is 12.3. The number of aromatic nitrogens is 2. The summed E-state index contributed by atoms with van der Waals surface area (Å²) < 4.78 is 8.32. The second-order valence-corrected chi connectivity index (χ2v) is 5.74. The number of nitrogens with two attached hydrogens (primary N) is 1. The first-order valence-corrected chi connectivity index (χ1v) is 7.46. The van der Waals surface area contributed by atoms with Crippen LogP contribution in [-0.4, -0.2) is 15.6 Å². The maximum absolute atomic E-state index is 11.7. The number of nitrogen functional groups attached to an aromatic ring is 1. The zero-order valence-corrected chi connectivity index (χ0v) is 13.9. The summed E-state index contributed by atoms with van der Waals surface area (Å²) in [5.74, 6) is 0.335. The van der Waals surface area contributed by atoms with Crippen LogP contribution in [0.2, 0.25) is 0 Å². The predicted molar refractivity (Wildman–Crippen MR) is 85.5 cm³/mol. The Morgan fingerprint density at radius 3 is 2.71 bits per heavy atom. The van der Waals surface area contributed by atoms with Gasteiger partial charge in [0, 0.05) is 11.5 Å². The number of benzene rings is 1. The topological polar surface area (TPSA) is 70.1 Å². The standard InChI is InChI=1S/C15H18BrN3O2/c1-4-11-7-12(19(3)18-11)8-21-15-13(9(2)20)5-10(16)6-14(15)17/h5-7H,4,8,17H2,1-3H3. The molecule has 0 unspecified atom stereocenters. The number of hydrogen-bond acceptors (Lipinski definition) is 4. The molecule has 0 saturated heterocycles. The van der Waals surface area contributed by atoms with Gasteiger partial charge in [0.2, 0.25) is 0 Å². The third-order valence-corrected chi connectivity index (χ3v) is 3.67. The molecule has 1 aromatic carbocycles. The Labute approximate surface area is 132 Å². The van der Waals surface area contributed by atoms with Crippen LogP contribution in [0.4, 0.5) is 5.69 Å². The molecule has 2 aromatic rings. The highest BCUT2D eigenvalue weighted by molar-refractivity contribution is 9.10. The Bertz CT molecular complexity index is 680. The minimum absolute atomic E-state index is 0.0859. The molecule has 2 rings (SSSR count). The quantitative estimate of drug-likeness (QED) is 0.663. The molecule has 112 valence electrons. The molecule has 0 saturated carbocycles. The minimum atomic E-state index is -0.0859. The summed E-state index contributed by atoms with van der Waals surface area (Å²) in [5, 5.41) is 4.37. The fourth-order valence-corrected chi connectivity index (χ4v) is 2.54. The van der Waals surface area contributed by atoms with E-state index in [0.29, 0.717) is 23.6 Å². The highest BCUT2D eigenvalue weighted by Crippen LogP contribution is 2.31. The van der Waals surface area contributed by atoms with Crippen LogP contribution in [0.1, 0.15) is 35.6 Å². The van der Waals surface area contributed by atoms with Gasteiger partial charge < -0.3 is 10.5 Å². The molecular weight excluding hydrogens is 334 g/mol. The summed E-state index contributed by atoms with van der Waals surface area (Å²) in [5.41, 5.74) is 8.81. The fourth-order valence-electron chi connectivity index (χ4n) is 2.06. The van der Waals surface area contributed by atoms with Gasteiger partial charge in [-0.15, -0.1) is 0 Å². The van der Waals surface area contributed by atoms with Crippen molar-refractivity contribution in [3.63, 3.8) is 0 Å². The van der Waals surface area contributed by atoms with E-state index in [4.69, 9.17) is 10.5 Å². The van der Waals surface area contributed by atoms with E-state index in [1.54, 1.807) is 16.8 Å². The van der Waals surface area contributed by atoms with Gasteiger partial charge >= 0.3 is 0 Å². The number of aryl methyl sites for hydroxylation is 2. The van der Waals surface area contributed by atoms with Crippen LogP contribution in [0.3, 0.4) is 0 Å². The lowest BCUT2D eigenvalue weighted by atomic mass is 10.1. The molecule has 0 spiro atoms. The van der Waals surface area contributed by atoms with Gasteiger partial charge in [-0.1, -0.05) is 22.9 Å². The van der Waals surface area contributed by atoms with E-state index in [-0.39, 0.29) is 5.78 Å². The van der Waals surface area contributed by atoms with Crippen LogP contribution in [0.15, 0.2) is 22.7 Å². The molecule has 0 bridgehead atoms. The van der Waals surface area contributed by atoms with Crippen molar-refractivity contribution in [3.05, 3.63) is 39.6 Å². The Morgan fingerprint density at radius 1 is 1.43 bits per heavy atom. The number of carbonyl (C=O) groups is 1. The van der Waals surface area contributed by atoms with Crippen molar-refractivity contribution in [2.24, 2.45) is 7.05 Å². The van der Waals surface area contributed by atoms with Gasteiger partial charge in [-0.3, -0.25) is 9.48 Å². The third-order valence-electron chi connectivity index (χ3n) is 3.22. The molecule has 1 aromatic heterocycles. The number of rotatable bonds is 5. The zero-order chi connectivity index (χ0) is 15.6. The van der Waals surface area contributed by atoms with Gasteiger partial charge in [0.25, 0.3) is 0 Å². The van der Waals surface area contributed by atoms with Gasteiger partial charge in [0.15, 0.2) is 11.5 Å². The summed E-state index contributed by atoms with van der Waals surface area (Å²) >= 11 is 3.33. The maximum atomic E-state index is 11.7. The molecule has 5 nitrogen and oxygen atoms in total. The molecule has 2 N–H and O–H groups in total. The molecule has 0 amide bonds. The van der Waals surface area contributed by atoms with Crippen molar-refractivity contribution >= 4 is 27.4 Å². The van der Waals surface area contributed by atoms with Crippen LogP contribution in [0.5, 0.6) is 5.75 Å². The third kappa shape index (κ3) is 3.44. The van der Waals surface area contributed by atoms with Gasteiger partial charge in [-0.2, -0.15) is 5.10 Å². The number of carbonyl (C=O) groups excluding carboxylic acids is 1. The van der Waals surface area contributed by atoms with Crippen molar-refractivity contribution in [1.82, 2.24) is 9.78 Å². The monoisotopic (exact) mass is 351 g/mol. The normalized spacial score (nSPS) is 10.7. The second kappa shape index (κ2) is 6.30. The van der Waals surface area contributed by atoms with Crippen molar-refractivity contribution in [2.45, 2.75) is 26.9 Å². The average Bonchev–Trinajstić information content (AvgIpc) is 2.77. The highest BCUT2D eigenvalue weighted by atomic mass is 79.9. The Balaban J connectivity index is 2.27. The number of ketones is 1. The van der Waals surface area contributed by atoms with Crippen molar-refractivity contribution < 1.29 is 9.53 Å². The van der Waals surface area contributed by atoms with Gasteiger partial charge in [0.1, 0.15) is 6.61 Å². The number of hydrogen-bond donors (Lipinski definition) is 1. The summed E-state index contributed by atoms with van der Waals surface area (Å²) in [7, 11) is 1.87. The number of halogens is 1. The molecule has 0 atom stereocenters. The van der Waals surface area contributed by atoms with E-state index in [1.165, 1.54) is 6.92 Å². The molecule has 0 aliphatic carbocycles. The number of Topliss-reactive ketones (excluding diaryl/α,β-unsaturated/α-hetero) is 1. The molecule has 0 radical (unpaired) electrons. The molecule has 0 aliphatic rings. The van der Waals surface area contributed by atoms with Gasteiger partial charge in [-0.05, 0) is 31.5 Å². The van der Waals surface area contributed by atoms with Gasteiger partial charge in [-0.25, -0.2) is 0 Å². The Hall–Kier alpha value is -1.82. The minimum Gasteiger partial charge on any atom is -0.484 e. The Kier molecular flexibility index (Phi) is 4.67. The van der Waals surface area contributed by atoms with Crippen molar-refractivity contribution in [2.75, 3.05) is 5.73 Å². The Morgan fingerprint density at radius 2 is 2.14 bits per heavy atom. The predicted octanol–water partition coefficient (Wildman–Crippen LogP) is 3.11. The second-order valence-electron chi connectivity index (χ2n) is 4.82. The molecule has 6 heteroatoms. The first-order valence-electron chi connectivity index (χ1n) is 6.67. The lowest BCUT2D eigenvalue weighted by molar-refractivity contribution is 0.101. The van der Waals surface area contributed by atoms with Crippen molar-refractivity contribution in [1.29, 1.82) is 0 Å². The fraction of sp³-hybridized carbons (Fsp3) is 0.333. The SMILES string of the molecule is CCc1cc(COc2c(N)cc(Br)cc2C(C)=O)n(C)n1. The first kappa shape index (κ1) is 15.6. The molecule has 1 heterocycles. The van der Waals surface area contributed by atoms with Crippen LogP contribution < -0.4 is 10.5 Å². The summed E-state index contributed by atoms with van der Waals surface area (Å²) in [6.45, 7) is 3.86. The van der Waals surface area contributed by atoms with Crippen LogP contribution >= 0.6 is 15.9 Å². The van der Waals surface area contributed by atoms with E-state index in [9.17, 15) is 4.79 Å². The number of nitrogens with zero attached hydrogens (tertiary/aromatic N) is 2. The van der Waals surface area contributed by atoms with E-state index in [0.717, 1.165) is 22.3 Å². The molecule has 0 aliphatic heterocycles. The number of anilines is 1. The molecular formula is C15H18BrN3O2. The summed E-state index contributed by atoms with van der Waals surface area (Å²) in [4.78, 5) is 11.7. The smallest absolute Gasteiger partial charge is 0.163 e. The lowest BCUT2D eigenvalue weighted by Gasteiger charge is -2.13. The van der Waals surface area contributed by atoms with Crippen LogP contribution in [0, 0.1) is 0 Å². The highest BCUT2D eigenvalue weighted by Gasteiger charge is 2.15. The summed E-state index contributed by atoms with van der Waals surface area (Å²) in [6.07, 6.45) is 0.868. The van der Waals surface area contributed by atoms with Gasteiger partial charge in [0.05, 0.1) is 22.6 Å². The number of ether oxygens (including phenoxy) is 1. The lowest BCUT2D eigenvalue weighted by Crippen LogP contribution is -2.07. The average molecular weight is 352 g/mol. The van der Waals surface area contributed by atoms with Crippen molar-refractivity contribution in [3.8, 4) is 5.75 Å².